The molecule has 20 heavy (non-hydrogen) atoms. The maximum absolute atomic E-state index is 6.35. The Bertz CT molecular complexity index is 485. The third kappa shape index (κ3) is 3.47. The third-order valence-electron chi connectivity index (χ3n) is 3.83. The molecule has 2 rings (SSSR count). The van der Waals surface area contributed by atoms with Crippen molar-refractivity contribution in [2.75, 3.05) is 24.1 Å². The molecule has 0 amide bonds. The Morgan fingerprint density at radius 2 is 2.25 bits per heavy atom. The van der Waals surface area contributed by atoms with Gasteiger partial charge in [0.2, 0.25) is 0 Å². The molecule has 0 saturated heterocycles. The molecule has 3 N–H and O–H groups in total. The summed E-state index contributed by atoms with van der Waals surface area (Å²) >= 11 is 6.35. The van der Waals surface area contributed by atoms with Crippen LogP contribution in [0.1, 0.15) is 32.3 Å². The fraction of sp³-hybridized carbons (Fsp3) is 0.500. The van der Waals surface area contributed by atoms with Crippen molar-refractivity contribution in [3.63, 3.8) is 0 Å². The summed E-state index contributed by atoms with van der Waals surface area (Å²) in [6.07, 6.45) is 6.66. The van der Waals surface area contributed by atoms with E-state index in [9.17, 15) is 0 Å². The highest BCUT2D eigenvalue weighted by molar-refractivity contribution is 6.32. The number of nitrogens with zero attached hydrogens (tertiary/aromatic N) is 1. The van der Waals surface area contributed by atoms with Crippen LogP contribution in [-0.4, -0.2) is 24.0 Å². The molecular weight excluding hydrogens is 270 g/mol. The highest BCUT2D eigenvalue weighted by Crippen LogP contribution is 2.33. The summed E-state index contributed by atoms with van der Waals surface area (Å²) < 4.78 is 0. The second kappa shape index (κ2) is 7.00. The lowest BCUT2D eigenvalue weighted by molar-refractivity contribution is 0.216. The average Bonchev–Trinajstić information content (AvgIpc) is 2.60. The molecule has 1 aliphatic heterocycles. The van der Waals surface area contributed by atoms with E-state index in [0.29, 0.717) is 6.04 Å². The summed E-state index contributed by atoms with van der Waals surface area (Å²) in [4.78, 5) is 2.46. The molecule has 0 bridgehead atoms. The van der Waals surface area contributed by atoms with Gasteiger partial charge >= 0.3 is 0 Å². The van der Waals surface area contributed by atoms with Gasteiger partial charge in [-0.15, -0.1) is 0 Å². The average molecular weight is 294 g/mol. The van der Waals surface area contributed by atoms with Gasteiger partial charge in [0.25, 0.3) is 0 Å². The third-order valence-corrected chi connectivity index (χ3v) is 4.19. The van der Waals surface area contributed by atoms with E-state index in [0.717, 1.165) is 54.4 Å². The van der Waals surface area contributed by atoms with Gasteiger partial charge < -0.3 is 11.1 Å². The van der Waals surface area contributed by atoms with E-state index in [-0.39, 0.29) is 0 Å². The summed E-state index contributed by atoms with van der Waals surface area (Å²) in [5, 5.41) is 4.24. The lowest BCUT2D eigenvalue weighted by Gasteiger charge is -2.26. The van der Waals surface area contributed by atoms with E-state index < -0.39 is 0 Å². The predicted octanol–water partition coefficient (Wildman–Crippen LogP) is 3.89. The van der Waals surface area contributed by atoms with Crippen molar-refractivity contribution in [2.24, 2.45) is 0 Å². The monoisotopic (exact) mass is 293 g/mol. The number of allylic oxidation sites excluding steroid dienone is 1. The summed E-state index contributed by atoms with van der Waals surface area (Å²) in [5.74, 6) is 0. The molecule has 0 unspecified atom stereocenters. The van der Waals surface area contributed by atoms with Crippen molar-refractivity contribution in [3.8, 4) is 0 Å². The van der Waals surface area contributed by atoms with Crippen LogP contribution >= 0.6 is 11.6 Å². The maximum atomic E-state index is 6.35. The van der Waals surface area contributed by atoms with Gasteiger partial charge in [0.05, 0.1) is 11.4 Å². The van der Waals surface area contributed by atoms with Crippen LogP contribution in [0.5, 0.6) is 0 Å². The fourth-order valence-corrected chi connectivity index (χ4v) is 2.78. The van der Waals surface area contributed by atoms with Gasteiger partial charge in [-0.05, 0) is 31.9 Å². The number of halogens is 1. The second-order valence-corrected chi connectivity index (χ2v) is 5.77. The fourth-order valence-electron chi connectivity index (χ4n) is 2.57. The van der Waals surface area contributed by atoms with Crippen molar-refractivity contribution in [2.45, 2.75) is 39.3 Å². The molecule has 0 radical (unpaired) electrons. The predicted molar refractivity (Wildman–Crippen MR) is 88.3 cm³/mol. The lowest BCUT2D eigenvalue weighted by Crippen LogP contribution is -2.35. The molecule has 4 heteroatoms. The molecule has 1 aliphatic rings. The van der Waals surface area contributed by atoms with Crippen molar-refractivity contribution in [3.05, 3.63) is 34.9 Å². The van der Waals surface area contributed by atoms with Crippen molar-refractivity contribution in [1.82, 2.24) is 4.90 Å². The van der Waals surface area contributed by atoms with Gasteiger partial charge in [-0.1, -0.05) is 30.7 Å². The zero-order valence-electron chi connectivity index (χ0n) is 12.3. The quantitative estimate of drug-likeness (QED) is 0.653. The zero-order chi connectivity index (χ0) is 14.5. The van der Waals surface area contributed by atoms with Crippen LogP contribution in [0.2, 0.25) is 5.02 Å². The minimum Gasteiger partial charge on any atom is -0.397 e. The van der Waals surface area contributed by atoms with Gasteiger partial charge in [-0.3, -0.25) is 4.90 Å². The molecule has 1 atom stereocenters. The highest BCUT2D eigenvalue weighted by atomic mass is 35.5. The normalized spacial score (nSPS) is 19.6. The summed E-state index contributed by atoms with van der Waals surface area (Å²) in [6.45, 7) is 7.20. The first kappa shape index (κ1) is 15.2. The molecule has 1 heterocycles. The Labute approximate surface area is 126 Å². The Hall–Kier alpha value is -1.19. The number of benzene rings is 1. The van der Waals surface area contributed by atoms with Crippen molar-refractivity contribution >= 4 is 23.0 Å². The summed E-state index contributed by atoms with van der Waals surface area (Å²) in [7, 11) is 0. The molecule has 0 aromatic heterocycles. The van der Waals surface area contributed by atoms with Crippen LogP contribution in [0.3, 0.4) is 0 Å². The van der Waals surface area contributed by atoms with Gasteiger partial charge in [0.1, 0.15) is 0 Å². The molecular formula is C16H24ClN3. The zero-order valence-corrected chi connectivity index (χ0v) is 13.1. The molecule has 110 valence electrons. The molecule has 0 saturated carbocycles. The summed E-state index contributed by atoms with van der Waals surface area (Å²) in [6, 6.07) is 4.23. The number of nitrogens with one attached hydrogen (secondary N) is 1. The van der Waals surface area contributed by atoms with Crippen LogP contribution in [-0.2, 0) is 6.54 Å². The topological polar surface area (TPSA) is 41.3 Å². The first-order valence-corrected chi connectivity index (χ1v) is 7.71. The largest absolute Gasteiger partial charge is 0.397 e. The molecule has 1 aromatic rings. The first-order valence-electron chi connectivity index (χ1n) is 7.33. The van der Waals surface area contributed by atoms with E-state index in [1.807, 2.05) is 12.1 Å². The number of nitrogen functional groups attached to an aromatic ring is 1. The smallest absolute Gasteiger partial charge is 0.0635 e. The van der Waals surface area contributed by atoms with Crippen LogP contribution in [0.25, 0.3) is 0 Å². The Kier molecular flexibility index (Phi) is 5.32. The number of hydrogen-bond acceptors (Lipinski definition) is 3. The maximum Gasteiger partial charge on any atom is 0.0635 e. The standard InChI is InChI=1S/C16H24ClN3/c1-3-4-5-6-9-20-11-13-14(17)7-8-15(18)16(13)19-10-12(20)2/h4-5,7-8,12,19H,3,6,9-11,18H2,1-2H3/b5-4-/t12-/m0/s1. The van der Waals surface area contributed by atoms with E-state index in [1.54, 1.807) is 0 Å². The van der Waals surface area contributed by atoms with Crippen LogP contribution in [0.4, 0.5) is 11.4 Å². The van der Waals surface area contributed by atoms with Crippen LogP contribution in [0, 0.1) is 0 Å². The molecule has 1 aromatic carbocycles. The molecule has 0 fully saturated rings. The van der Waals surface area contributed by atoms with Gasteiger partial charge in [0.15, 0.2) is 0 Å². The number of nitrogens with two attached hydrogens (primary N) is 1. The number of hydrogen-bond donors (Lipinski definition) is 2. The first-order chi connectivity index (χ1) is 9.63. The number of anilines is 2. The van der Waals surface area contributed by atoms with Gasteiger partial charge in [0, 0.05) is 36.3 Å². The Morgan fingerprint density at radius 3 is 3.00 bits per heavy atom. The Morgan fingerprint density at radius 1 is 1.45 bits per heavy atom. The van der Waals surface area contributed by atoms with E-state index >= 15 is 0 Å². The molecule has 3 nitrogen and oxygen atoms in total. The van der Waals surface area contributed by atoms with Gasteiger partial charge in [-0.2, -0.15) is 0 Å². The van der Waals surface area contributed by atoms with Gasteiger partial charge in [-0.25, -0.2) is 0 Å². The lowest BCUT2D eigenvalue weighted by atomic mass is 10.1. The Balaban J connectivity index is 2.15. The molecule has 0 spiro atoms. The van der Waals surface area contributed by atoms with E-state index in [1.165, 1.54) is 0 Å². The summed E-state index contributed by atoms with van der Waals surface area (Å²) in [5.41, 5.74) is 8.97. The second-order valence-electron chi connectivity index (χ2n) is 5.36. The number of fused-ring (bicyclic) bond motifs is 1. The van der Waals surface area contributed by atoms with Crippen molar-refractivity contribution < 1.29 is 0 Å². The van der Waals surface area contributed by atoms with Crippen LogP contribution in [0.15, 0.2) is 24.3 Å². The number of rotatable bonds is 4. The molecule has 0 aliphatic carbocycles. The van der Waals surface area contributed by atoms with Crippen molar-refractivity contribution in [1.29, 1.82) is 0 Å². The minimum absolute atomic E-state index is 0.466. The van der Waals surface area contributed by atoms with Crippen LogP contribution < -0.4 is 11.1 Å². The SMILES string of the molecule is CC/C=C\CCN1Cc2c(Cl)ccc(N)c2NC[C@@H]1C. The minimum atomic E-state index is 0.466. The van der Waals surface area contributed by atoms with E-state index in [4.69, 9.17) is 17.3 Å². The van der Waals surface area contributed by atoms with E-state index in [2.05, 4.69) is 36.2 Å². The highest BCUT2D eigenvalue weighted by Gasteiger charge is 2.22.